The summed E-state index contributed by atoms with van der Waals surface area (Å²) in [4.78, 5) is 22.1. The van der Waals surface area contributed by atoms with E-state index in [-0.39, 0.29) is 5.97 Å². The van der Waals surface area contributed by atoms with Gasteiger partial charge in [-0.1, -0.05) is 18.7 Å². The quantitative estimate of drug-likeness (QED) is 0.448. The van der Waals surface area contributed by atoms with Crippen LogP contribution in [0.15, 0.2) is 11.4 Å². The minimum Gasteiger partial charge on any atom is -0.462 e. The van der Waals surface area contributed by atoms with Crippen LogP contribution < -0.4 is 4.90 Å². The fourth-order valence-corrected chi connectivity index (χ4v) is 1.98. The molecule has 0 N–H and O–H groups in total. The fourth-order valence-electron chi connectivity index (χ4n) is 1.31. The summed E-state index contributed by atoms with van der Waals surface area (Å²) in [5.41, 5.74) is 0.405. The van der Waals surface area contributed by atoms with Crippen molar-refractivity contribution < 1.29 is 9.53 Å². The van der Waals surface area contributed by atoms with Crippen molar-refractivity contribution in [1.29, 1.82) is 0 Å². The van der Waals surface area contributed by atoms with Crippen LogP contribution in [-0.4, -0.2) is 42.4 Å². The van der Waals surface area contributed by atoms with E-state index >= 15 is 0 Å². The Hall–Kier alpha value is -1.30. The van der Waals surface area contributed by atoms with Gasteiger partial charge in [-0.2, -0.15) is 0 Å². The molecule has 1 heterocycles. The summed E-state index contributed by atoms with van der Waals surface area (Å²) in [6, 6.07) is 0. The van der Waals surface area contributed by atoms with E-state index < -0.39 is 0 Å². The lowest BCUT2D eigenvalue weighted by molar-refractivity contribution is 0.0526. The van der Waals surface area contributed by atoms with Crippen molar-refractivity contribution in [2.45, 2.75) is 25.4 Å². The highest BCUT2D eigenvalue weighted by molar-refractivity contribution is 7.99. The van der Waals surface area contributed by atoms with Gasteiger partial charge in [0, 0.05) is 26.0 Å². The molecule has 5 nitrogen and oxygen atoms in total. The van der Waals surface area contributed by atoms with Crippen LogP contribution in [0.1, 0.15) is 30.6 Å². The molecule has 1 rings (SSSR count). The average Bonchev–Trinajstić information content (AvgIpc) is 2.36. The second kappa shape index (κ2) is 7.20. The summed E-state index contributed by atoms with van der Waals surface area (Å²) in [5.74, 6) is 1.18. The highest BCUT2D eigenvalue weighted by atomic mass is 32.2. The number of esters is 1. The van der Waals surface area contributed by atoms with E-state index in [9.17, 15) is 4.79 Å². The van der Waals surface area contributed by atoms with E-state index in [1.165, 1.54) is 0 Å². The molecule has 0 spiro atoms. The molecule has 0 amide bonds. The van der Waals surface area contributed by atoms with E-state index in [1.807, 2.05) is 14.1 Å². The van der Waals surface area contributed by atoms with Crippen molar-refractivity contribution in [3.8, 4) is 0 Å². The molecule has 1 aromatic rings. The summed E-state index contributed by atoms with van der Waals surface area (Å²) in [6.45, 7) is 4.23. The summed E-state index contributed by atoms with van der Waals surface area (Å²) in [6.07, 6.45) is 2.60. The first-order valence-corrected chi connectivity index (χ1v) is 6.93. The molecule has 0 aliphatic carbocycles. The predicted octanol–water partition coefficient (Wildman–Crippen LogP) is 2.22. The number of thioether (sulfide) groups is 1. The Morgan fingerprint density at radius 3 is 2.72 bits per heavy atom. The molecule has 0 bridgehead atoms. The third-order valence-electron chi connectivity index (χ3n) is 2.10. The van der Waals surface area contributed by atoms with Crippen molar-refractivity contribution in [2.75, 3.05) is 31.4 Å². The molecule has 18 heavy (non-hydrogen) atoms. The maximum Gasteiger partial charge on any atom is 0.343 e. The topological polar surface area (TPSA) is 55.3 Å². The monoisotopic (exact) mass is 269 g/mol. The van der Waals surface area contributed by atoms with Crippen LogP contribution in [0.4, 0.5) is 5.82 Å². The molecule has 0 fully saturated rings. The number of carbonyl (C=O) groups excluding carboxylic acids is 1. The molecule has 0 aliphatic rings. The number of anilines is 1. The Labute approximate surface area is 112 Å². The van der Waals surface area contributed by atoms with Crippen molar-refractivity contribution in [1.82, 2.24) is 9.97 Å². The molecule has 0 saturated carbocycles. The number of carbonyl (C=O) groups is 1. The van der Waals surface area contributed by atoms with E-state index in [0.29, 0.717) is 23.1 Å². The maximum atomic E-state index is 11.8. The molecule has 0 radical (unpaired) electrons. The molecule has 0 saturated heterocycles. The lowest BCUT2D eigenvalue weighted by Gasteiger charge is -2.15. The number of ether oxygens (including phenoxy) is 1. The van der Waals surface area contributed by atoms with Gasteiger partial charge >= 0.3 is 5.97 Å². The summed E-state index contributed by atoms with van der Waals surface area (Å²) >= 11 is 1.58. The predicted molar refractivity (Wildman–Crippen MR) is 73.3 cm³/mol. The molecule has 0 aromatic carbocycles. The van der Waals surface area contributed by atoms with Crippen LogP contribution in [0.5, 0.6) is 0 Å². The Morgan fingerprint density at radius 2 is 2.17 bits per heavy atom. The largest absolute Gasteiger partial charge is 0.462 e. The second-order valence-electron chi connectivity index (χ2n) is 3.85. The van der Waals surface area contributed by atoms with Crippen LogP contribution in [0, 0.1) is 0 Å². The van der Waals surface area contributed by atoms with Gasteiger partial charge in [-0.15, -0.1) is 0 Å². The minimum atomic E-state index is -0.381. The molecule has 6 heteroatoms. The van der Waals surface area contributed by atoms with Crippen LogP contribution in [-0.2, 0) is 4.74 Å². The molecule has 1 aromatic heterocycles. The number of hydrogen-bond donors (Lipinski definition) is 0. The molecule has 0 atom stereocenters. The first-order chi connectivity index (χ1) is 8.60. The molecule has 0 unspecified atom stereocenters. The Balaban J connectivity index is 3.00. The van der Waals surface area contributed by atoms with Gasteiger partial charge in [0.05, 0.1) is 6.61 Å². The zero-order valence-corrected chi connectivity index (χ0v) is 12.1. The lowest BCUT2D eigenvalue weighted by Crippen LogP contribution is -2.18. The normalized spacial score (nSPS) is 10.2. The van der Waals surface area contributed by atoms with Gasteiger partial charge < -0.3 is 9.64 Å². The van der Waals surface area contributed by atoms with Crippen molar-refractivity contribution in [2.24, 2.45) is 0 Å². The SMILES string of the molecule is CCCSc1ncc(C(=O)OCC)c(N(C)C)n1. The zero-order valence-electron chi connectivity index (χ0n) is 11.3. The molecular weight excluding hydrogens is 250 g/mol. The Morgan fingerprint density at radius 1 is 1.44 bits per heavy atom. The molecular formula is C12H19N3O2S. The summed E-state index contributed by atoms with van der Waals surface area (Å²) in [5, 5.41) is 0.689. The van der Waals surface area contributed by atoms with E-state index in [0.717, 1.165) is 12.2 Å². The van der Waals surface area contributed by atoms with Crippen LogP contribution in [0.3, 0.4) is 0 Å². The number of aromatic nitrogens is 2. The maximum absolute atomic E-state index is 11.8. The van der Waals surface area contributed by atoms with Crippen molar-refractivity contribution in [3.63, 3.8) is 0 Å². The highest BCUT2D eigenvalue weighted by Crippen LogP contribution is 2.21. The second-order valence-corrected chi connectivity index (χ2v) is 4.92. The minimum absolute atomic E-state index is 0.345. The van der Waals surface area contributed by atoms with Gasteiger partial charge in [-0.3, -0.25) is 0 Å². The lowest BCUT2D eigenvalue weighted by atomic mass is 10.3. The fraction of sp³-hybridized carbons (Fsp3) is 0.583. The van der Waals surface area contributed by atoms with Crippen LogP contribution in [0.25, 0.3) is 0 Å². The summed E-state index contributed by atoms with van der Waals surface area (Å²) < 4.78 is 4.99. The molecule has 0 aliphatic heterocycles. The van der Waals surface area contributed by atoms with Gasteiger partial charge in [0.15, 0.2) is 5.16 Å². The average molecular weight is 269 g/mol. The first-order valence-electron chi connectivity index (χ1n) is 5.94. The third-order valence-corrected chi connectivity index (χ3v) is 3.17. The number of hydrogen-bond acceptors (Lipinski definition) is 6. The Bertz CT molecular complexity index is 410. The van der Waals surface area contributed by atoms with E-state index in [4.69, 9.17) is 4.74 Å². The zero-order chi connectivity index (χ0) is 13.5. The smallest absolute Gasteiger partial charge is 0.343 e. The first kappa shape index (κ1) is 14.8. The number of rotatable bonds is 6. The van der Waals surface area contributed by atoms with Gasteiger partial charge in [-0.25, -0.2) is 14.8 Å². The van der Waals surface area contributed by atoms with Gasteiger partial charge in [0.2, 0.25) is 0 Å². The Kier molecular flexibility index (Phi) is 5.91. The van der Waals surface area contributed by atoms with Gasteiger partial charge in [-0.05, 0) is 13.3 Å². The van der Waals surface area contributed by atoms with E-state index in [1.54, 1.807) is 29.8 Å². The van der Waals surface area contributed by atoms with Crippen LogP contribution >= 0.6 is 11.8 Å². The molecule has 100 valence electrons. The van der Waals surface area contributed by atoms with Crippen LogP contribution in [0.2, 0.25) is 0 Å². The van der Waals surface area contributed by atoms with Crippen molar-refractivity contribution in [3.05, 3.63) is 11.8 Å². The third kappa shape index (κ3) is 3.87. The van der Waals surface area contributed by atoms with Gasteiger partial charge in [0.1, 0.15) is 11.4 Å². The number of nitrogens with zero attached hydrogens (tertiary/aromatic N) is 3. The highest BCUT2D eigenvalue weighted by Gasteiger charge is 2.17. The van der Waals surface area contributed by atoms with Crippen molar-refractivity contribution >= 4 is 23.5 Å². The van der Waals surface area contributed by atoms with E-state index in [2.05, 4.69) is 16.9 Å². The standard InChI is InChI=1S/C12H19N3O2S/c1-5-7-18-12-13-8-9(11(16)17-6-2)10(14-12)15(3)4/h8H,5-7H2,1-4H3. The van der Waals surface area contributed by atoms with Gasteiger partial charge in [0.25, 0.3) is 0 Å². The summed E-state index contributed by atoms with van der Waals surface area (Å²) in [7, 11) is 3.69.